The largest absolute Gasteiger partial charge is 0.344 e. The van der Waals surface area contributed by atoms with Gasteiger partial charge >= 0.3 is 0 Å². The second kappa shape index (κ2) is 5.06. The molecule has 1 aromatic carbocycles. The summed E-state index contributed by atoms with van der Waals surface area (Å²) >= 11 is 0. The standard InChI is InChI=1S/C16H17N3O/c1-10-6-12(9-18-8-10)16(20)19-15-13-5-3-2-4-11(13)7-14(15)17/h2-6,8-9,14-15H,7,17H2,1H3,(H,19,20). The molecule has 4 nitrogen and oxygen atoms in total. The van der Waals surface area contributed by atoms with Gasteiger partial charge in [0.15, 0.2) is 0 Å². The van der Waals surface area contributed by atoms with Crippen molar-refractivity contribution in [1.82, 2.24) is 10.3 Å². The van der Waals surface area contributed by atoms with Gasteiger partial charge in [-0.2, -0.15) is 0 Å². The molecule has 102 valence electrons. The molecule has 1 aromatic heterocycles. The third-order valence-electron chi connectivity index (χ3n) is 3.70. The number of carbonyl (C=O) groups excluding carboxylic acids is 1. The van der Waals surface area contributed by atoms with Gasteiger partial charge < -0.3 is 11.1 Å². The zero-order valence-electron chi connectivity index (χ0n) is 11.3. The van der Waals surface area contributed by atoms with Crippen LogP contribution in [-0.4, -0.2) is 16.9 Å². The molecule has 4 heteroatoms. The summed E-state index contributed by atoms with van der Waals surface area (Å²) in [6.07, 6.45) is 4.11. The van der Waals surface area contributed by atoms with E-state index < -0.39 is 0 Å². The maximum Gasteiger partial charge on any atom is 0.253 e. The molecule has 2 atom stereocenters. The Morgan fingerprint density at radius 2 is 2.15 bits per heavy atom. The van der Waals surface area contributed by atoms with E-state index in [0.717, 1.165) is 17.5 Å². The molecule has 0 saturated heterocycles. The zero-order valence-corrected chi connectivity index (χ0v) is 11.3. The lowest BCUT2D eigenvalue weighted by molar-refractivity contribution is 0.0932. The van der Waals surface area contributed by atoms with Crippen LogP contribution in [0.3, 0.4) is 0 Å². The number of rotatable bonds is 2. The highest BCUT2D eigenvalue weighted by Crippen LogP contribution is 2.30. The zero-order chi connectivity index (χ0) is 14.1. The maximum atomic E-state index is 12.3. The SMILES string of the molecule is Cc1cncc(C(=O)NC2c3ccccc3CC2N)c1. The number of hydrogen-bond acceptors (Lipinski definition) is 3. The number of nitrogens with two attached hydrogens (primary N) is 1. The van der Waals surface area contributed by atoms with Gasteiger partial charge in [0.1, 0.15) is 0 Å². The number of nitrogens with zero attached hydrogens (tertiary/aromatic N) is 1. The second-order valence-electron chi connectivity index (χ2n) is 5.27. The van der Waals surface area contributed by atoms with Crippen LogP contribution < -0.4 is 11.1 Å². The van der Waals surface area contributed by atoms with Crippen molar-refractivity contribution in [3.05, 3.63) is 65.0 Å². The topological polar surface area (TPSA) is 68.0 Å². The molecule has 1 aliphatic rings. The van der Waals surface area contributed by atoms with Crippen molar-refractivity contribution in [2.24, 2.45) is 5.73 Å². The van der Waals surface area contributed by atoms with Gasteiger partial charge in [-0.25, -0.2) is 0 Å². The fourth-order valence-corrected chi connectivity index (χ4v) is 2.71. The van der Waals surface area contributed by atoms with Gasteiger partial charge in [0.25, 0.3) is 5.91 Å². The lowest BCUT2D eigenvalue weighted by atomic mass is 10.1. The van der Waals surface area contributed by atoms with Crippen LogP contribution in [0.1, 0.15) is 33.1 Å². The molecule has 0 fully saturated rings. The minimum atomic E-state index is -0.127. The molecule has 0 saturated carbocycles. The van der Waals surface area contributed by atoms with E-state index in [-0.39, 0.29) is 18.0 Å². The number of benzene rings is 1. The Morgan fingerprint density at radius 1 is 1.35 bits per heavy atom. The van der Waals surface area contributed by atoms with E-state index in [1.807, 2.05) is 31.2 Å². The van der Waals surface area contributed by atoms with Gasteiger partial charge in [-0.3, -0.25) is 9.78 Å². The van der Waals surface area contributed by atoms with Crippen molar-refractivity contribution in [2.75, 3.05) is 0 Å². The predicted molar refractivity (Wildman–Crippen MR) is 77.3 cm³/mol. The lowest BCUT2D eigenvalue weighted by Crippen LogP contribution is -2.38. The number of aryl methyl sites for hydroxylation is 1. The van der Waals surface area contributed by atoms with Gasteiger partial charge in [-0.05, 0) is 36.1 Å². The summed E-state index contributed by atoms with van der Waals surface area (Å²) in [6.45, 7) is 1.92. The lowest BCUT2D eigenvalue weighted by Gasteiger charge is -2.18. The molecule has 20 heavy (non-hydrogen) atoms. The van der Waals surface area contributed by atoms with Gasteiger partial charge in [0.05, 0.1) is 11.6 Å². The molecule has 2 aromatic rings. The molecule has 0 aliphatic heterocycles. The predicted octanol–water partition coefficient (Wildman–Crippen LogP) is 1.74. The Bertz CT molecular complexity index is 654. The summed E-state index contributed by atoms with van der Waals surface area (Å²) < 4.78 is 0. The van der Waals surface area contributed by atoms with Crippen LogP contribution in [0.15, 0.2) is 42.7 Å². The van der Waals surface area contributed by atoms with E-state index >= 15 is 0 Å². The Hall–Kier alpha value is -2.20. The van der Waals surface area contributed by atoms with Gasteiger partial charge in [-0.15, -0.1) is 0 Å². The number of pyridine rings is 1. The number of nitrogens with one attached hydrogen (secondary N) is 1. The van der Waals surface area contributed by atoms with Crippen molar-refractivity contribution < 1.29 is 4.79 Å². The molecule has 3 N–H and O–H groups in total. The number of carbonyl (C=O) groups is 1. The minimum Gasteiger partial charge on any atom is -0.344 e. The summed E-state index contributed by atoms with van der Waals surface area (Å²) in [5.41, 5.74) is 10.0. The van der Waals surface area contributed by atoms with Crippen LogP contribution in [0.5, 0.6) is 0 Å². The summed E-state index contributed by atoms with van der Waals surface area (Å²) in [5.74, 6) is -0.127. The highest BCUT2D eigenvalue weighted by atomic mass is 16.1. The Morgan fingerprint density at radius 3 is 2.95 bits per heavy atom. The molecule has 0 radical (unpaired) electrons. The number of fused-ring (bicyclic) bond motifs is 1. The third-order valence-corrected chi connectivity index (χ3v) is 3.70. The van der Waals surface area contributed by atoms with Gasteiger partial charge in [0, 0.05) is 18.4 Å². The van der Waals surface area contributed by atoms with Gasteiger partial charge in [0.2, 0.25) is 0 Å². The average Bonchev–Trinajstić information content (AvgIpc) is 2.75. The second-order valence-corrected chi connectivity index (χ2v) is 5.27. The van der Waals surface area contributed by atoms with Crippen LogP contribution in [0.25, 0.3) is 0 Å². The van der Waals surface area contributed by atoms with Crippen LogP contribution in [0.4, 0.5) is 0 Å². The van der Waals surface area contributed by atoms with Crippen molar-refractivity contribution in [3.8, 4) is 0 Å². The van der Waals surface area contributed by atoms with E-state index in [0.29, 0.717) is 5.56 Å². The van der Waals surface area contributed by atoms with E-state index in [9.17, 15) is 4.79 Å². The van der Waals surface area contributed by atoms with Crippen molar-refractivity contribution in [3.63, 3.8) is 0 Å². The van der Waals surface area contributed by atoms with Gasteiger partial charge in [-0.1, -0.05) is 24.3 Å². The van der Waals surface area contributed by atoms with E-state index in [2.05, 4.69) is 16.4 Å². The quantitative estimate of drug-likeness (QED) is 0.871. The third kappa shape index (κ3) is 2.30. The first-order chi connectivity index (χ1) is 9.65. The number of hydrogen-bond donors (Lipinski definition) is 2. The highest BCUT2D eigenvalue weighted by Gasteiger charge is 2.30. The molecular formula is C16H17N3O. The monoisotopic (exact) mass is 267 g/mol. The maximum absolute atomic E-state index is 12.3. The fourth-order valence-electron chi connectivity index (χ4n) is 2.71. The molecule has 1 aliphatic carbocycles. The van der Waals surface area contributed by atoms with E-state index in [1.165, 1.54) is 5.56 Å². The van der Waals surface area contributed by atoms with Crippen molar-refractivity contribution in [1.29, 1.82) is 0 Å². The van der Waals surface area contributed by atoms with Crippen LogP contribution in [0, 0.1) is 6.92 Å². The average molecular weight is 267 g/mol. The number of aromatic nitrogens is 1. The van der Waals surface area contributed by atoms with Crippen LogP contribution in [0.2, 0.25) is 0 Å². The van der Waals surface area contributed by atoms with Crippen molar-refractivity contribution >= 4 is 5.91 Å². The Balaban J connectivity index is 1.83. The van der Waals surface area contributed by atoms with E-state index in [4.69, 9.17) is 5.73 Å². The first kappa shape index (κ1) is 12.8. The van der Waals surface area contributed by atoms with Crippen LogP contribution >= 0.6 is 0 Å². The van der Waals surface area contributed by atoms with Crippen LogP contribution in [-0.2, 0) is 6.42 Å². The molecule has 2 unspecified atom stereocenters. The summed E-state index contributed by atoms with van der Waals surface area (Å²) in [6, 6.07) is 9.70. The number of amides is 1. The molecular weight excluding hydrogens is 250 g/mol. The fraction of sp³-hybridized carbons (Fsp3) is 0.250. The first-order valence-electron chi connectivity index (χ1n) is 6.71. The normalized spacial score (nSPS) is 20.5. The van der Waals surface area contributed by atoms with E-state index in [1.54, 1.807) is 12.4 Å². The first-order valence-corrected chi connectivity index (χ1v) is 6.71. The Labute approximate surface area is 118 Å². The summed E-state index contributed by atoms with van der Waals surface area (Å²) in [4.78, 5) is 16.4. The molecule has 3 rings (SSSR count). The molecule has 1 amide bonds. The summed E-state index contributed by atoms with van der Waals surface area (Å²) in [7, 11) is 0. The molecule has 0 bridgehead atoms. The highest BCUT2D eigenvalue weighted by molar-refractivity contribution is 5.94. The molecule has 0 spiro atoms. The minimum absolute atomic E-state index is 0.0749. The smallest absolute Gasteiger partial charge is 0.253 e. The van der Waals surface area contributed by atoms with Crippen molar-refractivity contribution in [2.45, 2.75) is 25.4 Å². The summed E-state index contributed by atoms with van der Waals surface area (Å²) in [5, 5.41) is 3.02. The Kier molecular flexibility index (Phi) is 3.24. The molecule has 1 heterocycles.